The van der Waals surface area contributed by atoms with Crippen LogP contribution in [0.3, 0.4) is 0 Å². The first-order chi connectivity index (χ1) is 13.3. The molecule has 0 fully saturated rings. The van der Waals surface area contributed by atoms with Crippen molar-refractivity contribution < 1.29 is 19.4 Å². The Morgan fingerprint density at radius 3 is 2.39 bits per heavy atom. The number of hydrogen-bond donors (Lipinski definition) is 1. The number of halogens is 1. The molecule has 1 aliphatic heterocycles. The quantitative estimate of drug-likeness (QED) is 0.800. The summed E-state index contributed by atoms with van der Waals surface area (Å²) in [4.78, 5) is 26.3. The molecule has 0 aliphatic carbocycles. The van der Waals surface area contributed by atoms with Gasteiger partial charge in [-0.25, -0.2) is 0 Å². The fraction of sp³-hybridized carbons (Fsp3) is 0.350. The molecular weight excluding hydrogens is 382 g/mol. The fourth-order valence-electron chi connectivity index (χ4n) is 3.47. The number of aryl methyl sites for hydroxylation is 1. The molecule has 1 aromatic heterocycles. The number of aliphatic hydroxyl groups is 1. The molecule has 0 saturated heterocycles. The molecule has 1 atom stereocenters. The molecule has 2 aromatic rings. The van der Waals surface area contributed by atoms with E-state index >= 15 is 0 Å². The number of methoxy groups -OCH3 is 1. The van der Waals surface area contributed by atoms with Crippen molar-refractivity contribution in [3.05, 3.63) is 57.6 Å². The molecule has 0 spiro atoms. The molecule has 7 nitrogen and oxygen atoms in total. The van der Waals surface area contributed by atoms with E-state index in [-0.39, 0.29) is 17.9 Å². The molecule has 1 unspecified atom stereocenters. The predicted molar refractivity (Wildman–Crippen MR) is 104 cm³/mol. The average Bonchev–Trinajstić information content (AvgIpc) is 3.08. The van der Waals surface area contributed by atoms with Crippen LogP contribution in [0.4, 0.5) is 0 Å². The lowest BCUT2D eigenvalue weighted by Crippen LogP contribution is -2.34. The van der Waals surface area contributed by atoms with Gasteiger partial charge in [-0.1, -0.05) is 23.7 Å². The highest BCUT2D eigenvalue weighted by Gasteiger charge is 2.42. The molecule has 1 aromatic carbocycles. The van der Waals surface area contributed by atoms with E-state index in [1.165, 1.54) is 11.8 Å². The van der Waals surface area contributed by atoms with Gasteiger partial charge in [-0.15, -0.1) is 0 Å². The van der Waals surface area contributed by atoms with Gasteiger partial charge in [0.15, 0.2) is 11.5 Å². The number of ketones is 1. The number of carbonyl (C=O) groups excluding carboxylic acids is 2. The summed E-state index contributed by atoms with van der Waals surface area (Å²) >= 11 is 6.19. The van der Waals surface area contributed by atoms with E-state index in [1.807, 2.05) is 13.8 Å². The minimum atomic E-state index is -0.664. The van der Waals surface area contributed by atoms with Crippen molar-refractivity contribution in [1.82, 2.24) is 14.7 Å². The maximum Gasteiger partial charge on any atom is 0.290 e. The highest BCUT2D eigenvalue weighted by Crippen LogP contribution is 2.38. The van der Waals surface area contributed by atoms with Crippen LogP contribution in [-0.2, 0) is 16.1 Å². The van der Waals surface area contributed by atoms with Crippen LogP contribution in [0.2, 0.25) is 5.02 Å². The van der Waals surface area contributed by atoms with Crippen LogP contribution in [0.1, 0.15) is 29.9 Å². The number of benzene rings is 1. The van der Waals surface area contributed by atoms with Gasteiger partial charge < -0.3 is 14.7 Å². The fourth-order valence-corrected chi connectivity index (χ4v) is 3.61. The Balaban J connectivity index is 1.94. The molecular formula is C20H22ClN3O4. The highest BCUT2D eigenvalue weighted by atomic mass is 35.5. The van der Waals surface area contributed by atoms with Crippen LogP contribution >= 0.6 is 11.6 Å². The average molecular weight is 404 g/mol. The number of aliphatic hydroxyl groups excluding tert-OH is 1. The van der Waals surface area contributed by atoms with Gasteiger partial charge in [0.25, 0.3) is 5.91 Å². The Labute approximate surface area is 168 Å². The van der Waals surface area contributed by atoms with Crippen LogP contribution in [0, 0.1) is 13.8 Å². The van der Waals surface area contributed by atoms with Gasteiger partial charge in [0.2, 0.25) is 0 Å². The number of aromatic nitrogens is 2. The van der Waals surface area contributed by atoms with E-state index in [4.69, 9.17) is 16.3 Å². The zero-order valence-electron chi connectivity index (χ0n) is 16.2. The van der Waals surface area contributed by atoms with E-state index in [1.54, 1.807) is 36.1 Å². The highest BCUT2D eigenvalue weighted by molar-refractivity contribution is 6.31. The zero-order chi connectivity index (χ0) is 20.6. The maximum atomic E-state index is 12.7. The number of Topliss-reactive ketones (excluding diaryl/α,β-unsaturated/α-hetero) is 1. The van der Waals surface area contributed by atoms with Crippen LogP contribution < -0.4 is 4.74 Å². The summed E-state index contributed by atoms with van der Waals surface area (Å²) in [5.74, 6) is -0.754. The summed E-state index contributed by atoms with van der Waals surface area (Å²) in [5, 5.41) is 15.3. The van der Waals surface area contributed by atoms with E-state index in [2.05, 4.69) is 5.10 Å². The molecule has 148 valence electrons. The van der Waals surface area contributed by atoms with Crippen molar-refractivity contribution in [2.24, 2.45) is 0 Å². The molecule has 8 heteroatoms. The van der Waals surface area contributed by atoms with E-state index in [9.17, 15) is 14.7 Å². The summed E-state index contributed by atoms with van der Waals surface area (Å²) in [6.45, 7) is 5.66. The Hall–Kier alpha value is -2.80. The second kappa shape index (κ2) is 7.67. The van der Waals surface area contributed by atoms with E-state index in [0.29, 0.717) is 23.0 Å². The van der Waals surface area contributed by atoms with Crippen molar-refractivity contribution in [3.8, 4) is 5.75 Å². The lowest BCUT2D eigenvalue weighted by Gasteiger charge is -2.27. The molecule has 2 heterocycles. The molecule has 28 heavy (non-hydrogen) atoms. The molecule has 1 aliphatic rings. The minimum Gasteiger partial charge on any atom is -0.503 e. The molecule has 0 radical (unpaired) electrons. The number of ether oxygens (including phenoxy) is 1. The van der Waals surface area contributed by atoms with Crippen molar-refractivity contribution in [3.63, 3.8) is 0 Å². The first-order valence-electron chi connectivity index (χ1n) is 8.84. The Kier molecular flexibility index (Phi) is 5.47. The lowest BCUT2D eigenvalue weighted by atomic mass is 9.96. The van der Waals surface area contributed by atoms with Crippen LogP contribution in [0.5, 0.6) is 5.75 Å². The summed E-state index contributed by atoms with van der Waals surface area (Å²) in [7, 11) is 1.56. The minimum absolute atomic E-state index is 0.0987. The SMILES string of the molecule is COc1ccc(C2C(C(C)=O)=C(O)C(=O)N2CCn2nc(C)c(Cl)c2C)cc1. The Bertz CT molecular complexity index is 963. The largest absolute Gasteiger partial charge is 0.503 e. The first kappa shape index (κ1) is 19.9. The summed E-state index contributed by atoms with van der Waals surface area (Å²) < 4.78 is 6.90. The molecule has 1 amide bonds. The lowest BCUT2D eigenvalue weighted by molar-refractivity contribution is -0.129. The van der Waals surface area contributed by atoms with Gasteiger partial charge in [0, 0.05) is 6.54 Å². The van der Waals surface area contributed by atoms with Gasteiger partial charge in [-0.3, -0.25) is 14.3 Å². The van der Waals surface area contributed by atoms with E-state index < -0.39 is 17.7 Å². The number of rotatable bonds is 6. The van der Waals surface area contributed by atoms with E-state index in [0.717, 1.165) is 11.3 Å². The van der Waals surface area contributed by atoms with Gasteiger partial charge in [-0.05, 0) is 38.5 Å². The van der Waals surface area contributed by atoms with Crippen LogP contribution in [0.15, 0.2) is 35.6 Å². The molecule has 3 rings (SSSR count). The maximum absolute atomic E-state index is 12.7. The summed E-state index contributed by atoms with van der Waals surface area (Å²) in [6, 6.07) is 6.41. The first-order valence-corrected chi connectivity index (χ1v) is 9.22. The third kappa shape index (κ3) is 3.38. The standard InChI is InChI=1S/C20H22ClN3O4/c1-11-17(21)12(2)24(22-11)10-9-23-18(14-5-7-15(28-4)8-6-14)16(13(3)25)19(26)20(23)27/h5-8,18,26H,9-10H2,1-4H3. The normalized spacial score (nSPS) is 16.8. The van der Waals surface area contributed by atoms with Gasteiger partial charge in [0.1, 0.15) is 5.75 Å². The van der Waals surface area contributed by atoms with Crippen molar-refractivity contribution in [2.75, 3.05) is 13.7 Å². The third-order valence-corrected chi connectivity index (χ3v) is 5.51. The number of carbonyl (C=O) groups is 2. The predicted octanol–water partition coefficient (Wildman–Crippen LogP) is 3.15. The smallest absolute Gasteiger partial charge is 0.290 e. The number of amides is 1. The molecule has 0 bridgehead atoms. The van der Waals surface area contributed by atoms with Gasteiger partial charge in [0.05, 0.1) is 41.7 Å². The second-order valence-corrected chi connectivity index (χ2v) is 7.08. The summed E-state index contributed by atoms with van der Waals surface area (Å²) in [6.07, 6.45) is 0. The van der Waals surface area contributed by atoms with Crippen molar-refractivity contribution in [2.45, 2.75) is 33.4 Å². The Morgan fingerprint density at radius 1 is 1.25 bits per heavy atom. The van der Waals surface area contributed by atoms with Gasteiger partial charge >= 0.3 is 0 Å². The second-order valence-electron chi connectivity index (χ2n) is 6.70. The number of hydrogen-bond acceptors (Lipinski definition) is 5. The number of nitrogens with zero attached hydrogens (tertiary/aromatic N) is 3. The summed E-state index contributed by atoms with van der Waals surface area (Å²) in [5.41, 5.74) is 2.33. The van der Waals surface area contributed by atoms with Crippen molar-refractivity contribution >= 4 is 23.3 Å². The monoisotopic (exact) mass is 403 g/mol. The van der Waals surface area contributed by atoms with Crippen molar-refractivity contribution in [1.29, 1.82) is 0 Å². The topological polar surface area (TPSA) is 84.7 Å². The zero-order valence-corrected chi connectivity index (χ0v) is 16.9. The Morgan fingerprint density at radius 2 is 1.89 bits per heavy atom. The third-order valence-electron chi connectivity index (χ3n) is 4.96. The van der Waals surface area contributed by atoms with Crippen LogP contribution in [-0.4, -0.2) is 45.1 Å². The molecule has 0 saturated carbocycles. The van der Waals surface area contributed by atoms with Gasteiger partial charge in [-0.2, -0.15) is 5.10 Å². The molecule has 1 N–H and O–H groups in total. The van der Waals surface area contributed by atoms with Crippen LogP contribution in [0.25, 0.3) is 0 Å².